The highest BCUT2D eigenvalue weighted by molar-refractivity contribution is 5.84. The Kier molecular flexibility index (Phi) is 6.12. The molecule has 1 aromatic heterocycles. The zero-order chi connectivity index (χ0) is 20.4. The summed E-state index contributed by atoms with van der Waals surface area (Å²) in [5.41, 5.74) is 2.23. The molecule has 1 saturated carbocycles. The van der Waals surface area contributed by atoms with Crippen LogP contribution in [0.3, 0.4) is 0 Å². The van der Waals surface area contributed by atoms with Crippen LogP contribution in [-0.4, -0.2) is 66.1 Å². The maximum atomic E-state index is 14.9. The average molecular weight is 404 g/mol. The van der Waals surface area contributed by atoms with Gasteiger partial charge in [0.25, 0.3) is 5.91 Å². The Bertz CT molecular complexity index is 874. The third kappa shape index (κ3) is 4.44. The van der Waals surface area contributed by atoms with E-state index in [1.54, 1.807) is 13.2 Å². The van der Waals surface area contributed by atoms with E-state index in [9.17, 15) is 9.18 Å². The monoisotopic (exact) mass is 404 g/mol. The van der Waals surface area contributed by atoms with E-state index in [0.717, 1.165) is 36.9 Å². The number of carbonyl (C=O) groups excluding carboxylic acids is 1. The molecule has 1 atom stereocenters. The molecule has 4 rings (SSSR count). The predicted molar refractivity (Wildman–Crippen MR) is 107 cm³/mol. The first-order valence-electron chi connectivity index (χ1n) is 10.4. The van der Waals surface area contributed by atoms with E-state index in [-0.39, 0.29) is 17.8 Å². The Morgan fingerprint density at radius 1 is 1.45 bits per heavy atom. The van der Waals surface area contributed by atoms with E-state index >= 15 is 0 Å². The highest BCUT2D eigenvalue weighted by atomic mass is 19.1. The molecule has 1 saturated heterocycles. The highest BCUT2D eigenvalue weighted by Crippen LogP contribution is 2.31. The van der Waals surface area contributed by atoms with E-state index < -0.39 is 6.10 Å². The molecule has 1 aromatic carbocycles. The van der Waals surface area contributed by atoms with E-state index in [2.05, 4.69) is 10.4 Å². The van der Waals surface area contributed by atoms with Crippen molar-refractivity contribution in [2.24, 2.45) is 0 Å². The minimum atomic E-state index is -0.459. The van der Waals surface area contributed by atoms with Crippen LogP contribution in [0.1, 0.15) is 30.5 Å². The minimum absolute atomic E-state index is 0.00927. The highest BCUT2D eigenvalue weighted by Gasteiger charge is 2.37. The van der Waals surface area contributed by atoms with Gasteiger partial charge in [-0.15, -0.1) is 0 Å². The summed E-state index contributed by atoms with van der Waals surface area (Å²) in [5, 5.41) is 8.27. The number of amides is 1. The number of benzene rings is 1. The second-order valence-corrected chi connectivity index (χ2v) is 7.89. The molecule has 2 aromatic rings. The number of ether oxygens (including phenoxy) is 2. The Hall–Kier alpha value is -2.03. The third-order valence-corrected chi connectivity index (χ3v) is 5.58. The Morgan fingerprint density at radius 2 is 2.28 bits per heavy atom. The van der Waals surface area contributed by atoms with Crippen LogP contribution in [0.5, 0.6) is 0 Å². The van der Waals surface area contributed by atoms with Crippen LogP contribution >= 0.6 is 0 Å². The number of nitrogens with one attached hydrogen (secondary N) is 1. The molecule has 1 aliphatic heterocycles. The second kappa shape index (κ2) is 8.77. The molecule has 7 nitrogen and oxygen atoms in total. The van der Waals surface area contributed by atoms with Crippen molar-refractivity contribution in [3.63, 3.8) is 0 Å². The van der Waals surface area contributed by atoms with Crippen molar-refractivity contribution in [3.05, 3.63) is 29.2 Å². The van der Waals surface area contributed by atoms with Crippen LogP contribution in [-0.2, 0) is 27.4 Å². The summed E-state index contributed by atoms with van der Waals surface area (Å²) in [4.78, 5) is 14.9. The number of aromatic nitrogens is 2. The van der Waals surface area contributed by atoms with Gasteiger partial charge in [-0.2, -0.15) is 5.10 Å². The van der Waals surface area contributed by atoms with Gasteiger partial charge in [0.05, 0.1) is 23.2 Å². The minimum Gasteiger partial charge on any atom is -0.385 e. The fraction of sp³-hybridized carbons (Fsp3) is 0.619. The number of morpholine rings is 1. The predicted octanol–water partition coefficient (Wildman–Crippen LogP) is 2.00. The quantitative estimate of drug-likeness (QED) is 0.682. The summed E-state index contributed by atoms with van der Waals surface area (Å²) in [6, 6.07) is 3.73. The van der Waals surface area contributed by atoms with Crippen molar-refractivity contribution in [2.45, 2.75) is 51.4 Å². The molecule has 2 aliphatic rings. The van der Waals surface area contributed by atoms with Crippen molar-refractivity contribution in [3.8, 4) is 0 Å². The number of fused-ring (bicyclic) bond motifs is 1. The number of nitrogens with zero attached hydrogens (tertiary/aromatic N) is 3. The number of rotatable bonds is 8. The molecule has 0 radical (unpaired) electrons. The molecule has 2 fully saturated rings. The fourth-order valence-electron chi connectivity index (χ4n) is 3.99. The molecule has 1 N–H and O–H groups in total. The molecular formula is C21H29FN4O3. The molecular weight excluding hydrogens is 375 g/mol. The van der Waals surface area contributed by atoms with Crippen molar-refractivity contribution in [2.75, 3.05) is 33.4 Å². The van der Waals surface area contributed by atoms with Crippen LogP contribution in [0.25, 0.3) is 10.9 Å². The van der Waals surface area contributed by atoms with Crippen LogP contribution in [0, 0.1) is 12.7 Å². The van der Waals surface area contributed by atoms with Crippen LogP contribution in [0.15, 0.2) is 12.1 Å². The third-order valence-electron chi connectivity index (χ3n) is 5.58. The van der Waals surface area contributed by atoms with Crippen molar-refractivity contribution < 1.29 is 18.7 Å². The fourth-order valence-corrected chi connectivity index (χ4v) is 3.99. The SMILES string of the molecule is COCCCn1nc(C)c2c(F)cc(CN(C(=O)[C@H]3CNCCO3)C3CC3)cc21. The summed E-state index contributed by atoms with van der Waals surface area (Å²) in [6.07, 6.45) is 2.33. The van der Waals surface area contributed by atoms with E-state index in [0.29, 0.717) is 43.9 Å². The summed E-state index contributed by atoms with van der Waals surface area (Å²) in [5.74, 6) is -0.295. The Labute approximate surface area is 170 Å². The van der Waals surface area contributed by atoms with E-state index in [1.807, 2.05) is 22.6 Å². The molecule has 8 heteroatoms. The maximum absolute atomic E-state index is 14.9. The van der Waals surface area contributed by atoms with Gasteiger partial charge in [0.1, 0.15) is 11.9 Å². The number of halogens is 1. The second-order valence-electron chi connectivity index (χ2n) is 7.89. The van der Waals surface area contributed by atoms with Gasteiger partial charge in [0.15, 0.2) is 0 Å². The lowest BCUT2D eigenvalue weighted by Gasteiger charge is -2.30. The number of aryl methyl sites for hydroxylation is 2. The van der Waals surface area contributed by atoms with Crippen molar-refractivity contribution >= 4 is 16.8 Å². The number of carbonyl (C=O) groups is 1. The smallest absolute Gasteiger partial charge is 0.253 e. The zero-order valence-electron chi connectivity index (χ0n) is 17.1. The molecule has 2 heterocycles. The summed E-state index contributed by atoms with van der Waals surface area (Å²) >= 11 is 0. The molecule has 158 valence electrons. The van der Waals surface area contributed by atoms with Gasteiger partial charge >= 0.3 is 0 Å². The van der Waals surface area contributed by atoms with Gasteiger partial charge in [0.2, 0.25) is 0 Å². The Balaban J connectivity index is 1.58. The van der Waals surface area contributed by atoms with Crippen LogP contribution < -0.4 is 5.32 Å². The molecule has 0 spiro atoms. The first-order valence-corrected chi connectivity index (χ1v) is 10.4. The van der Waals surface area contributed by atoms with Gasteiger partial charge in [-0.25, -0.2) is 4.39 Å². The van der Waals surface area contributed by atoms with E-state index in [4.69, 9.17) is 9.47 Å². The molecule has 1 aliphatic carbocycles. The number of hydrogen-bond acceptors (Lipinski definition) is 5. The largest absolute Gasteiger partial charge is 0.385 e. The van der Waals surface area contributed by atoms with Gasteiger partial charge in [-0.3, -0.25) is 9.48 Å². The van der Waals surface area contributed by atoms with Crippen molar-refractivity contribution in [1.82, 2.24) is 20.0 Å². The maximum Gasteiger partial charge on any atom is 0.253 e. The topological polar surface area (TPSA) is 68.6 Å². The standard InChI is InChI=1S/C21H29FN4O3/c1-14-20-17(22)10-15(11-18(20)26(24-14)7-3-8-28-2)13-25(16-4-5-16)21(27)19-12-23-6-9-29-19/h10-11,16,19,23H,3-9,12-13H2,1-2H3/t19-/m1/s1. The average Bonchev–Trinajstić information content (AvgIpc) is 3.51. The normalized spacial score (nSPS) is 19.6. The van der Waals surface area contributed by atoms with Gasteiger partial charge in [-0.05, 0) is 43.9 Å². The van der Waals surface area contributed by atoms with Crippen LogP contribution in [0.2, 0.25) is 0 Å². The van der Waals surface area contributed by atoms with E-state index in [1.165, 1.54) is 0 Å². The zero-order valence-corrected chi connectivity index (χ0v) is 17.1. The number of methoxy groups -OCH3 is 1. The lowest BCUT2D eigenvalue weighted by Crippen LogP contribution is -2.49. The molecule has 0 unspecified atom stereocenters. The van der Waals surface area contributed by atoms with Crippen molar-refractivity contribution in [1.29, 1.82) is 0 Å². The summed E-state index contributed by atoms with van der Waals surface area (Å²) < 4.78 is 27.5. The lowest BCUT2D eigenvalue weighted by atomic mass is 10.1. The summed E-state index contributed by atoms with van der Waals surface area (Å²) in [6.45, 7) is 5.33. The van der Waals surface area contributed by atoms with Gasteiger partial charge < -0.3 is 19.7 Å². The summed E-state index contributed by atoms with van der Waals surface area (Å²) in [7, 11) is 1.67. The van der Waals surface area contributed by atoms with Crippen LogP contribution in [0.4, 0.5) is 4.39 Å². The van der Waals surface area contributed by atoms with Gasteiger partial charge in [0, 0.05) is 45.9 Å². The molecule has 29 heavy (non-hydrogen) atoms. The van der Waals surface area contributed by atoms with Gasteiger partial charge in [-0.1, -0.05) is 0 Å². The first-order chi connectivity index (χ1) is 14.1. The Morgan fingerprint density at radius 3 is 2.97 bits per heavy atom. The lowest BCUT2D eigenvalue weighted by molar-refractivity contribution is -0.146. The number of hydrogen-bond donors (Lipinski definition) is 1. The molecule has 1 amide bonds. The first kappa shape index (κ1) is 20.3. The molecule has 0 bridgehead atoms.